The van der Waals surface area contributed by atoms with Crippen LogP contribution in [0.2, 0.25) is 0 Å². The van der Waals surface area contributed by atoms with Crippen molar-refractivity contribution in [3.8, 4) is 0 Å². The number of aryl methyl sites for hydroxylation is 1. The Kier molecular flexibility index (Phi) is 4.99. The summed E-state index contributed by atoms with van der Waals surface area (Å²) in [7, 11) is 0. The fourth-order valence-electron chi connectivity index (χ4n) is 1.48. The molecule has 0 unspecified atom stereocenters. The Morgan fingerprint density at radius 1 is 1.19 bits per heavy atom. The maximum absolute atomic E-state index is 4.52. The zero-order valence-electron chi connectivity index (χ0n) is 10.3. The molecule has 1 aromatic heterocycles. The van der Waals surface area contributed by atoms with Gasteiger partial charge in [0, 0.05) is 19.6 Å². The first-order valence-electron chi connectivity index (χ1n) is 5.66. The molecule has 0 spiro atoms. The van der Waals surface area contributed by atoms with E-state index in [9.17, 15) is 0 Å². The Hall–Kier alpha value is -0.840. The molecule has 0 fully saturated rings. The number of nitrogens with zero attached hydrogens (tertiary/aromatic N) is 3. The highest BCUT2D eigenvalue weighted by Gasteiger charge is 2.11. The lowest BCUT2D eigenvalue weighted by atomic mass is 10.4. The average Bonchev–Trinajstić information content (AvgIpc) is 2.27. The number of hydrogen-bond donors (Lipinski definition) is 1. The summed E-state index contributed by atoms with van der Waals surface area (Å²) >= 11 is 3.50. The standard InChI is InChI=1S/C11H19BrN4/c1-5-13-10-9(12)8(4)14-11(15-10)16(6-2)7-3/h5-7H2,1-4H3,(H,13,14,15). The molecule has 0 aliphatic rings. The second-order valence-electron chi connectivity index (χ2n) is 3.47. The summed E-state index contributed by atoms with van der Waals surface area (Å²) in [6, 6.07) is 0. The SMILES string of the molecule is CCNc1nc(N(CC)CC)nc(C)c1Br. The molecule has 4 nitrogen and oxygen atoms in total. The van der Waals surface area contributed by atoms with E-state index in [0.717, 1.165) is 41.6 Å². The average molecular weight is 287 g/mol. The lowest BCUT2D eigenvalue weighted by molar-refractivity contribution is 0.815. The monoisotopic (exact) mass is 286 g/mol. The summed E-state index contributed by atoms with van der Waals surface area (Å²) in [5.41, 5.74) is 0.966. The van der Waals surface area contributed by atoms with Crippen LogP contribution in [0, 0.1) is 6.92 Å². The molecular weight excluding hydrogens is 268 g/mol. The molecule has 0 saturated carbocycles. The van der Waals surface area contributed by atoms with Crippen LogP contribution >= 0.6 is 15.9 Å². The Labute approximate surface area is 106 Å². The smallest absolute Gasteiger partial charge is 0.227 e. The summed E-state index contributed by atoms with van der Waals surface area (Å²) in [4.78, 5) is 11.1. The van der Waals surface area contributed by atoms with Gasteiger partial charge in [-0.2, -0.15) is 4.98 Å². The first-order valence-corrected chi connectivity index (χ1v) is 6.46. The van der Waals surface area contributed by atoms with Crippen LogP contribution in [0.3, 0.4) is 0 Å². The van der Waals surface area contributed by atoms with E-state index >= 15 is 0 Å². The van der Waals surface area contributed by atoms with Gasteiger partial charge in [-0.15, -0.1) is 0 Å². The van der Waals surface area contributed by atoms with Crippen LogP contribution in [-0.4, -0.2) is 29.6 Å². The van der Waals surface area contributed by atoms with Gasteiger partial charge in [0.15, 0.2) is 0 Å². The van der Waals surface area contributed by atoms with Gasteiger partial charge < -0.3 is 10.2 Å². The molecular formula is C11H19BrN4. The van der Waals surface area contributed by atoms with Crippen molar-refractivity contribution < 1.29 is 0 Å². The predicted molar refractivity (Wildman–Crippen MR) is 72.2 cm³/mol. The van der Waals surface area contributed by atoms with Crippen LogP contribution in [-0.2, 0) is 0 Å². The number of aromatic nitrogens is 2. The van der Waals surface area contributed by atoms with Crippen LogP contribution in [0.15, 0.2) is 4.47 Å². The number of halogens is 1. The molecule has 1 rings (SSSR count). The van der Waals surface area contributed by atoms with E-state index in [1.54, 1.807) is 0 Å². The fourth-order valence-corrected chi connectivity index (χ4v) is 1.79. The van der Waals surface area contributed by atoms with Crippen molar-refractivity contribution in [1.82, 2.24) is 9.97 Å². The van der Waals surface area contributed by atoms with Crippen molar-refractivity contribution >= 4 is 27.7 Å². The predicted octanol–water partition coefficient (Wildman–Crippen LogP) is 2.83. The zero-order chi connectivity index (χ0) is 12.1. The quantitative estimate of drug-likeness (QED) is 0.904. The molecule has 16 heavy (non-hydrogen) atoms. The molecule has 0 amide bonds. The fraction of sp³-hybridized carbons (Fsp3) is 0.636. The van der Waals surface area contributed by atoms with Crippen molar-refractivity contribution in [3.05, 3.63) is 10.2 Å². The minimum atomic E-state index is 0.793. The number of nitrogens with one attached hydrogen (secondary N) is 1. The van der Waals surface area contributed by atoms with E-state index in [4.69, 9.17) is 0 Å². The third kappa shape index (κ3) is 2.84. The minimum Gasteiger partial charge on any atom is -0.369 e. The van der Waals surface area contributed by atoms with Crippen LogP contribution in [0.25, 0.3) is 0 Å². The lowest BCUT2D eigenvalue weighted by Gasteiger charge is -2.20. The van der Waals surface area contributed by atoms with Crippen LogP contribution in [0.5, 0.6) is 0 Å². The maximum atomic E-state index is 4.52. The molecule has 5 heteroatoms. The second kappa shape index (κ2) is 6.03. The molecule has 0 bridgehead atoms. The maximum Gasteiger partial charge on any atom is 0.227 e. The molecule has 90 valence electrons. The van der Waals surface area contributed by atoms with E-state index in [1.807, 2.05) is 6.92 Å². The van der Waals surface area contributed by atoms with Crippen LogP contribution in [0.4, 0.5) is 11.8 Å². The van der Waals surface area contributed by atoms with Crippen LogP contribution < -0.4 is 10.2 Å². The molecule has 0 aliphatic carbocycles. The summed E-state index contributed by atoms with van der Waals surface area (Å²) in [6.07, 6.45) is 0. The van der Waals surface area contributed by atoms with E-state index in [1.165, 1.54) is 0 Å². The molecule has 1 aromatic rings. The van der Waals surface area contributed by atoms with Gasteiger partial charge >= 0.3 is 0 Å². The summed E-state index contributed by atoms with van der Waals surface area (Å²) in [5.74, 6) is 1.67. The van der Waals surface area contributed by atoms with Crippen LogP contribution in [0.1, 0.15) is 26.5 Å². The van der Waals surface area contributed by atoms with Gasteiger partial charge in [0.2, 0.25) is 5.95 Å². The van der Waals surface area contributed by atoms with E-state index in [0.29, 0.717) is 0 Å². The topological polar surface area (TPSA) is 41.1 Å². The molecule has 0 aliphatic heterocycles. The van der Waals surface area contributed by atoms with Crippen molar-refractivity contribution in [1.29, 1.82) is 0 Å². The first-order chi connectivity index (χ1) is 7.63. The highest BCUT2D eigenvalue weighted by molar-refractivity contribution is 9.10. The highest BCUT2D eigenvalue weighted by atomic mass is 79.9. The summed E-state index contributed by atoms with van der Waals surface area (Å²) in [6.45, 7) is 11.0. The second-order valence-corrected chi connectivity index (χ2v) is 4.27. The molecule has 1 N–H and O–H groups in total. The molecule has 0 saturated heterocycles. The molecule has 0 atom stereocenters. The highest BCUT2D eigenvalue weighted by Crippen LogP contribution is 2.25. The first kappa shape index (κ1) is 13.2. The Morgan fingerprint density at radius 2 is 1.81 bits per heavy atom. The largest absolute Gasteiger partial charge is 0.369 e. The Balaban J connectivity index is 3.12. The van der Waals surface area contributed by atoms with Gasteiger partial charge in [-0.25, -0.2) is 4.98 Å². The number of hydrogen-bond acceptors (Lipinski definition) is 4. The van der Waals surface area contributed by atoms with Crippen molar-refractivity contribution in [2.24, 2.45) is 0 Å². The normalized spacial score (nSPS) is 10.3. The van der Waals surface area contributed by atoms with Crippen molar-refractivity contribution in [3.63, 3.8) is 0 Å². The van der Waals surface area contributed by atoms with E-state index in [2.05, 4.69) is 56.9 Å². The van der Waals surface area contributed by atoms with E-state index in [-0.39, 0.29) is 0 Å². The Bertz CT molecular complexity index is 350. The Morgan fingerprint density at radius 3 is 2.31 bits per heavy atom. The van der Waals surface area contributed by atoms with Gasteiger partial charge in [-0.3, -0.25) is 0 Å². The lowest BCUT2D eigenvalue weighted by Crippen LogP contribution is -2.25. The molecule has 1 heterocycles. The van der Waals surface area contributed by atoms with Gasteiger partial charge in [0.1, 0.15) is 5.82 Å². The van der Waals surface area contributed by atoms with Gasteiger partial charge in [-0.1, -0.05) is 0 Å². The minimum absolute atomic E-state index is 0.793. The van der Waals surface area contributed by atoms with Gasteiger partial charge in [0.05, 0.1) is 10.2 Å². The third-order valence-electron chi connectivity index (χ3n) is 2.40. The summed E-state index contributed by atoms with van der Waals surface area (Å²) in [5, 5.41) is 3.24. The summed E-state index contributed by atoms with van der Waals surface area (Å²) < 4.78 is 0.949. The van der Waals surface area contributed by atoms with E-state index < -0.39 is 0 Å². The van der Waals surface area contributed by atoms with Crippen molar-refractivity contribution in [2.45, 2.75) is 27.7 Å². The van der Waals surface area contributed by atoms with Gasteiger partial charge in [0.25, 0.3) is 0 Å². The number of anilines is 2. The molecule has 0 aromatic carbocycles. The zero-order valence-corrected chi connectivity index (χ0v) is 11.9. The third-order valence-corrected chi connectivity index (χ3v) is 3.34. The molecule has 0 radical (unpaired) electrons. The van der Waals surface area contributed by atoms with Crippen molar-refractivity contribution in [2.75, 3.05) is 29.9 Å². The number of rotatable bonds is 5. The van der Waals surface area contributed by atoms with Gasteiger partial charge in [-0.05, 0) is 43.6 Å².